The Morgan fingerprint density at radius 1 is 1.32 bits per heavy atom. The van der Waals surface area contributed by atoms with Crippen molar-refractivity contribution in [2.45, 2.75) is 37.5 Å². The van der Waals surface area contributed by atoms with E-state index in [-0.39, 0.29) is 22.2 Å². The zero-order chi connectivity index (χ0) is 14.7. The summed E-state index contributed by atoms with van der Waals surface area (Å²) in [4.78, 5) is -0.352. The van der Waals surface area contributed by atoms with Gasteiger partial charge in [0.15, 0.2) is 0 Å². The number of sulfonamides is 1. The van der Waals surface area contributed by atoms with Crippen molar-refractivity contribution in [1.29, 1.82) is 0 Å². The van der Waals surface area contributed by atoms with Gasteiger partial charge in [0.05, 0.1) is 0 Å². The molecule has 0 bridgehead atoms. The molecule has 1 aromatic rings. The first kappa shape index (κ1) is 16.4. The highest BCUT2D eigenvalue weighted by Crippen LogP contribution is 2.23. The normalized spacial score (nSPS) is 14.4. The van der Waals surface area contributed by atoms with Gasteiger partial charge >= 0.3 is 0 Å². The Labute approximate surface area is 119 Å². The fourth-order valence-corrected chi connectivity index (χ4v) is 3.47. The largest absolute Gasteiger partial charge is 0.243 e. The molecule has 19 heavy (non-hydrogen) atoms. The van der Waals surface area contributed by atoms with Gasteiger partial charge in [-0.25, -0.2) is 17.5 Å². The highest BCUT2D eigenvalue weighted by molar-refractivity contribution is 7.89. The van der Waals surface area contributed by atoms with Crippen molar-refractivity contribution < 1.29 is 12.8 Å². The molecule has 0 heterocycles. The molecule has 0 amide bonds. The van der Waals surface area contributed by atoms with Crippen LogP contribution in [0, 0.1) is 11.2 Å². The summed E-state index contributed by atoms with van der Waals surface area (Å²) in [5.41, 5.74) is 0.00978. The van der Waals surface area contributed by atoms with Gasteiger partial charge in [-0.15, -0.1) is 11.6 Å². The summed E-state index contributed by atoms with van der Waals surface area (Å²) in [6.45, 7) is 6.14. The van der Waals surface area contributed by atoms with Crippen molar-refractivity contribution in [1.82, 2.24) is 4.72 Å². The second-order valence-corrected chi connectivity index (χ2v) is 8.00. The van der Waals surface area contributed by atoms with Gasteiger partial charge in [-0.3, -0.25) is 0 Å². The van der Waals surface area contributed by atoms with Gasteiger partial charge < -0.3 is 0 Å². The lowest BCUT2D eigenvalue weighted by atomic mass is 9.90. The molecule has 0 aliphatic rings. The lowest BCUT2D eigenvalue weighted by Gasteiger charge is -2.22. The first-order valence-corrected chi connectivity index (χ1v) is 7.92. The Hall–Kier alpha value is -0.650. The third kappa shape index (κ3) is 5.47. The van der Waals surface area contributed by atoms with Gasteiger partial charge in [-0.1, -0.05) is 32.9 Å². The smallest absolute Gasteiger partial charge is 0.210 e. The lowest BCUT2D eigenvalue weighted by molar-refractivity contribution is 0.369. The van der Waals surface area contributed by atoms with Crippen molar-refractivity contribution in [3.63, 3.8) is 0 Å². The van der Waals surface area contributed by atoms with E-state index in [1.54, 1.807) is 0 Å². The molecule has 3 nitrogen and oxygen atoms in total. The summed E-state index contributed by atoms with van der Waals surface area (Å²) >= 11 is 6.08. The molecule has 1 aromatic carbocycles. The molecule has 0 aromatic heterocycles. The van der Waals surface area contributed by atoms with Crippen LogP contribution in [0.25, 0.3) is 0 Å². The molecule has 1 N–H and O–H groups in total. The van der Waals surface area contributed by atoms with Gasteiger partial charge in [0.2, 0.25) is 10.0 Å². The van der Waals surface area contributed by atoms with Crippen molar-refractivity contribution >= 4 is 21.6 Å². The highest BCUT2D eigenvalue weighted by atomic mass is 35.5. The maximum absolute atomic E-state index is 13.4. The molecule has 0 aliphatic heterocycles. The van der Waals surface area contributed by atoms with E-state index in [0.29, 0.717) is 6.42 Å². The van der Waals surface area contributed by atoms with E-state index < -0.39 is 15.8 Å². The zero-order valence-electron chi connectivity index (χ0n) is 11.3. The minimum atomic E-state index is -3.85. The van der Waals surface area contributed by atoms with Gasteiger partial charge in [-0.2, -0.15) is 0 Å². The van der Waals surface area contributed by atoms with Gasteiger partial charge in [0.1, 0.15) is 10.7 Å². The average molecular weight is 308 g/mol. The first-order valence-electron chi connectivity index (χ1n) is 6.00. The third-order valence-electron chi connectivity index (χ3n) is 2.45. The van der Waals surface area contributed by atoms with E-state index in [1.165, 1.54) is 18.2 Å². The summed E-state index contributed by atoms with van der Waals surface area (Å²) in [6.07, 6.45) is 0.661. The molecular formula is C13H19ClFNO2S. The summed E-state index contributed by atoms with van der Waals surface area (Å²) < 4.78 is 39.6. The molecule has 0 saturated carbocycles. The van der Waals surface area contributed by atoms with Crippen LogP contribution in [-0.4, -0.2) is 20.3 Å². The molecule has 0 fully saturated rings. The van der Waals surface area contributed by atoms with Crippen LogP contribution in [-0.2, 0) is 10.0 Å². The number of benzene rings is 1. The van der Waals surface area contributed by atoms with Crippen LogP contribution in [0.5, 0.6) is 0 Å². The number of nitrogens with one attached hydrogen (secondary N) is 1. The Morgan fingerprint density at radius 3 is 2.42 bits per heavy atom. The number of alkyl halides is 1. The number of hydrogen-bond acceptors (Lipinski definition) is 2. The molecule has 6 heteroatoms. The van der Waals surface area contributed by atoms with Crippen molar-refractivity contribution in [3.05, 3.63) is 30.1 Å². The van der Waals surface area contributed by atoms with Crippen LogP contribution in [0.2, 0.25) is 0 Å². The summed E-state index contributed by atoms with van der Waals surface area (Å²) in [5, 5.41) is -0.332. The molecule has 0 aliphatic carbocycles. The van der Waals surface area contributed by atoms with Gasteiger partial charge in [-0.05, 0) is 24.0 Å². The van der Waals surface area contributed by atoms with Crippen LogP contribution in [0.1, 0.15) is 27.2 Å². The minimum absolute atomic E-state index is 0.00978. The number of hydrogen-bond donors (Lipinski definition) is 1. The Kier molecular flexibility index (Phi) is 5.35. The van der Waals surface area contributed by atoms with Crippen molar-refractivity contribution in [3.8, 4) is 0 Å². The molecule has 1 unspecified atom stereocenters. The van der Waals surface area contributed by atoms with Gasteiger partial charge in [0, 0.05) is 11.9 Å². The monoisotopic (exact) mass is 307 g/mol. The van der Waals surface area contributed by atoms with Crippen LogP contribution >= 0.6 is 11.6 Å². The Balaban J connectivity index is 2.70. The van der Waals surface area contributed by atoms with Crippen LogP contribution in [0.4, 0.5) is 4.39 Å². The van der Waals surface area contributed by atoms with E-state index in [9.17, 15) is 12.8 Å². The van der Waals surface area contributed by atoms with Crippen LogP contribution in [0.3, 0.4) is 0 Å². The summed E-state index contributed by atoms with van der Waals surface area (Å²) in [7, 11) is -3.85. The fourth-order valence-electron chi connectivity index (χ4n) is 1.68. The van der Waals surface area contributed by atoms with Crippen LogP contribution in [0.15, 0.2) is 29.2 Å². The Morgan fingerprint density at radius 2 is 1.89 bits per heavy atom. The maximum atomic E-state index is 13.4. The predicted molar refractivity (Wildman–Crippen MR) is 75.3 cm³/mol. The number of rotatable bonds is 5. The van der Waals surface area contributed by atoms with Crippen molar-refractivity contribution in [2.75, 3.05) is 6.54 Å². The molecule has 0 spiro atoms. The summed E-state index contributed by atoms with van der Waals surface area (Å²) in [5.74, 6) is -0.767. The first-order chi connectivity index (χ1) is 8.62. The quantitative estimate of drug-likeness (QED) is 0.849. The van der Waals surface area contributed by atoms with E-state index in [1.807, 2.05) is 20.8 Å². The molecule has 1 rings (SSSR count). The standard InChI is InChI=1S/C13H19ClFNO2S/c1-13(2,3)8-10(14)9-16-19(17,18)12-7-5-4-6-11(12)15/h4-7,10,16H,8-9H2,1-3H3. The lowest BCUT2D eigenvalue weighted by Crippen LogP contribution is -2.32. The minimum Gasteiger partial charge on any atom is -0.210 e. The average Bonchev–Trinajstić information content (AvgIpc) is 2.24. The molecular weight excluding hydrogens is 289 g/mol. The SMILES string of the molecule is CC(C)(C)CC(Cl)CNS(=O)(=O)c1ccccc1F. The second-order valence-electron chi connectivity index (χ2n) is 5.64. The zero-order valence-corrected chi connectivity index (χ0v) is 12.9. The topological polar surface area (TPSA) is 46.2 Å². The molecule has 0 saturated heterocycles. The van der Waals surface area contributed by atoms with E-state index in [2.05, 4.69) is 4.72 Å². The predicted octanol–water partition coefficient (Wildman–Crippen LogP) is 3.15. The molecule has 108 valence electrons. The second kappa shape index (κ2) is 6.20. The summed E-state index contributed by atoms with van der Waals surface area (Å²) in [6, 6.07) is 5.26. The van der Waals surface area contributed by atoms with E-state index in [0.717, 1.165) is 6.07 Å². The third-order valence-corrected chi connectivity index (χ3v) is 4.22. The Bertz CT molecular complexity index is 526. The number of halogens is 2. The van der Waals surface area contributed by atoms with Crippen LogP contribution < -0.4 is 4.72 Å². The van der Waals surface area contributed by atoms with E-state index in [4.69, 9.17) is 11.6 Å². The fraction of sp³-hybridized carbons (Fsp3) is 0.538. The maximum Gasteiger partial charge on any atom is 0.243 e. The van der Waals surface area contributed by atoms with Crippen molar-refractivity contribution in [2.24, 2.45) is 5.41 Å². The highest BCUT2D eigenvalue weighted by Gasteiger charge is 2.22. The molecule has 1 atom stereocenters. The van der Waals surface area contributed by atoms with Gasteiger partial charge in [0.25, 0.3) is 0 Å². The molecule has 0 radical (unpaired) electrons. The van der Waals surface area contributed by atoms with E-state index >= 15 is 0 Å².